The fraction of sp³-hybridized carbons (Fsp3) is 0.417. The Bertz CT molecular complexity index is 448. The zero-order chi connectivity index (χ0) is 12.4. The van der Waals surface area contributed by atoms with E-state index in [1.807, 2.05) is 0 Å². The summed E-state index contributed by atoms with van der Waals surface area (Å²) in [7, 11) is 0. The van der Waals surface area contributed by atoms with Gasteiger partial charge in [-0.2, -0.15) is 0 Å². The van der Waals surface area contributed by atoms with E-state index in [0.717, 1.165) is 0 Å². The lowest BCUT2D eigenvalue weighted by Crippen LogP contribution is -2.26. The van der Waals surface area contributed by atoms with Gasteiger partial charge in [-0.05, 0) is 31.0 Å². The van der Waals surface area contributed by atoms with Gasteiger partial charge in [0.25, 0.3) is 0 Å². The van der Waals surface area contributed by atoms with Crippen LogP contribution in [-0.2, 0) is 20.7 Å². The topological polar surface area (TPSA) is 35.5 Å². The standard InChI is InChI=1S/C12H12ClFO3/c1-2-16-12(15)11-10-7(5-6-17-11)8(13)3-4-9(10)14/h3-4,11H,2,5-6H2,1H3. The molecule has 1 aliphatic heterocycles. The van der Waals surface area contributed by atoms with Gasteiger partial charge in [0.15, 0.2) is 6.10 Å². The summed E-state index contributed by atoms with van der Waals surface area (Å²) in [6, 6.07) is 2.73. The molecule has 92 valence electrons. The van der Waals surface area contributed by atoms with Crippen LogP contribution < -0.4 is 0 Å². The monoisotopic (exact) mass is 258 g/mol. The van der Waals surface area contributed by atoms with E-state index in [9.17, 15) is 9.18 Å². The molecule has 0 saturated heterocycles. The van der Waals surface area contributed by atoms with Gasteiger partial charge in [-0.3, -0.25) is 0 Å². The Labute approximate surface area is 103 Å². The second kappa shape index (κ2) is 5.02. The molecule has 0 N–H and O–H groups in total. The summed E-state index contributed by atoms with van der Waals surface area (Å²) in [6.07, 6.45) is -0.501. The number of ether oxygens (including phenoxy) is 2. The molecular weight excluding hydrogens is 247 g/mol. The highest BCUT2D eigenvalue weighted by Crippen LogP contribution is 2.34. The van der Waals surface area contributed by atoms with Crippen molar-refractivity contribution in [3.8, 4) is 0 Å². The van der Waals surface area contributed by atoms with E-state index in [4.69, 9.17) is 21.1 Å². The van der Waals surface area contributed by atoms with Gasteiger partial charge < -0.3 is 9.47 Å². The van der Waals surface area contributed by atoms with Crippen molar-refractivity contribution < 1.29 is 18.7 Å². The van der Waals surface area contributed by atoms with Crippen molar-refractivity contribution in [3.63, 3.8) is 0 Å². The predicted molar refractivity (Wildman–Crippen MR) is 60.4 cm³/mol. The normalized spacial score (nSPS) is 18.6. The highest BCUT2D eigenvalue weighted by molar-refractivity contribution is 6.31. The first kappa shape index (κ1) is 12.3. The number of rotatable bonds is 2. The molecule has 0 aromatic heterocycles. The Kier molecular flexibility index (Phi) is 3.64. The van der Waals surface area contributed by atoms with Crippen LogP contribution in [0.5, 0.6) is 0 Å². The predicted octanol–water partition coefficient (Wildman–Crippen LogP) is 2.66. The molecule has 5 heteroatoms. The number of carbonyl (C=O) groups excluding carboxylic acids is 1. The van der Waals surface area contributed by atoms with Crippen molar-refractivity contribution in [2.45, 2.75) is 19.4 Å². The van der Waals surface area contributed by atoms with Crippen molar-refractivity contribution in [1.29, 1.82) is 0 Å². The molecular formula is C12H12ClFO3. The molecule has 0 spiro atoms. The van der Waals surface area contributed by atoms with Crippen LogP contribution in [0.1, 0.15) is 24.2 Å². The maximum Gasteiger partial charge on any atom is 0.340 e. The fourth-order valence-corrected chi connectivity index (χ4v) is 2.17. The van der Waals surface area contributed by atoms with Crippen LogP contribution in [0.3, 0.4) is 0 Å². The Morgan fingerprint density at radius 2 is 2.41 bits per heavy atom. The first-order chi connectivity index (χ1) is 8.15. The zero-order valence-corrected chi connectivity index (χ0v) is 10.1. The number of benzene rings is 1. The van der Waals surface area contributed by atoms with E-state index in [-0.39, 0.29) is 12.2 Å². The van der Waals surface area contributed by atoms with Crippen LogP contribution in [0.4, 0.5) is 4.39 Å². The van der Waals surface area contributed by atoms with Crippen molar-refractivity contribution in [1.82, 2.24) is 0 Å². The average molecular weight is 259 g/mol. The molecule has 0 fully saturated rings. The third-order valence-corrected chi connectivity index (χ3v) is 3.00. The van der Waals surface area contributed by atoms with Gasteiger partial charge in [0.2, 0.25) is 0 Å². The Balaban J connectivity index is 2.43. The lowest BCUT2D eigenvalue weighted by molar-refractivity contribution is -0.158. The Hall–Kier alpha value is -1.13. The maximum absolute atomic E-state index is 13.8. The summed E-state index contributed by atoms with van der Waals surface area (Å²) in [5, 5.41) is 0.457. The molecule has 1 aliphatic rings. The molecule has 0 aliphatic carbocycles. The van der Waals surface area contributed by atoms with E-state index >= 15 is 0 Å². The number of hydrogen-bond acceptors (Lipinski definition) is 3. The molecule has 0 bridgehead atoms. The molecule has 1 atom stereocenters. The van der Waals surface area contributed by atoms with Gasteiger partial charge in [0.1, 0.15) is 5.82 Å². The van der Waals surface area contributed by atoms with Gasteiger partial charge in [-0.15, -0.1) is 0 Å². The quantitative estimate of drug-likeness (QED) is 0.765. The third-order valence-electron chi connectivity index (χ3n) is 2.65. The molecule has 2 rings (SSSR count). The van der Waals surface area contributed by atoms with Crippen LogP contribution in [0.15, 0.2) is 12.1 Å². The van der Waals surface area contributed by atoms with Gasteiger partial charge in [0.05, 0.1) is 13.2 Å². The minimum atomic E-state index is -1.00. The summed E-state index contributed by atoms with van der Waals surface area (Å²) in [5.41, 5.74) is 0.846. The molecule has 0 amide bonds. The highest BCUT2D eigenvalue weighted by Gasteiger charge is 2.32. The Morgan fingerprint density at radius 3 is 3.12 bits per heavy atom. The molecule has 1 aromatic carbocycles. The number of fused-ring (bicyclic) bond motifs is 1. The summed E-state index contributed by atoms with van der Waals surface area (Å²) in [6.45, 7) is 2.26. The first-order valence-corrected chi connectivity index (χ1v) is 5.78. The van der Waals surface area contributed by atoms with Crippen LogP contribution in [-0.4, -0.2) is 19.2 Å². The maximum atomic E-state index is 13.8. The minimum absolute atomic E-state index is 0.210. The molecule has 3 nitrogen and oxygen atoms in total. The summed E-state index contributed by atoms with van der Waals surface area (Å²) < 4.78 is 23.9. The first-order valence-electron chi connectivity index (χ1n) is 5.40. The van der Waals surface area contributed by atoms with E-state index in [1.54, 1.807) is 6.92 Å². The van der Waals surface area contributed by atoms with Crippen molar-refractivity contribution in [2.75, 3.05) is 13.2 Å². The molecule has 17 heavy (non-hydrogen) atoms. The minimum Gasteiger partial charge on any atom is -0.464 e. The number of hydrogen-bond donors (Lipinski definition) is 0. The smallest absolute Gasteiger partial charge is 0.340 e. The van der Waals surface area contributed by atoms with E-state index in [0.29, 0.717) is 23.6 Å². The number of carbonyl (C=O) groups is 1. The zero-order valence-electron chi connectivity index (χ0n) is 9.33. The molecule has 1 aromatic rings. The van der Waals surface area contributed by atoms with Crippen molar-refractivity contribution >= 4 is 17.6 Å². The van der Waals surface area contributed by atoms with Crippen LogP contribution in [0.25, 0.3) is 0 Å². The average Bonchev–Trinajstić information content (AvgIpc) is 2.34. The molecule has 1 heterocycles. The lowest BCUT2D eigenvalue weighted by atomic mass is 9.97. The van der Waals surface area contributed by atoms with Gasteiger partial charge in [-0.25, -0.2) is 9.18 Å². The Morgan fingerprint density at radius 1 is 1.65 bits per heavy atom. The van der Waals surface area contributed by atoms with Crippen molar-refractivity contribution in [2.24, 2.45) is 0 Å². The SMILES string of the molecule is CCOC(=O)C1OCCc2c(Cl)ccc(F)c21. The van der Waals surface area contributed by atoms with Crippen LogP contribution >= 0.6 is 11.6 Å². The van der Waals surface area contributed by atoms with E-state index < -0.39 is 17.9 Å². The van der Waals surface area contributed by atoms with Gasteiger partial charge in [-0.1, -0.05) is 11.6 Å². The van der Waals surface area contributed by atoms with E-state index in [1.165, 1.54) is 12.1 Å². The van der Waals surface area contributed by atoms with Gasteiger partial charge in [0, 0.05) is 10.6 Å². The summed E-state index contributed by atoms with van der Waals surface area (Å²) >= 11 is 5.99. The number of halogens is 2. The number of esters is 1. The lowest BCUT2D eigenvalue weighted by Gasteiger charge is -2.25. The van der Waals surface area contributed by atoms with Crippen molar-refractivity contribution in [3.05, 3.63) is 34.1 Å². The largest absolute Gasteiger partial charge is 0.464 e. The summed E-state index contributed by atoms with van der Waals surface area (Å²) in [4.78, 5) is 11.7. The van der Waals surface area contributed by atoms with Crippen LogP contribution in [0, 0.1) is 5.82 Å². The molecule has 1 unspecified atom stereocenters. The van der Waals surface area contributed by atoms with Gasteiger partial charge >= 0.3 is 5.97 Å². The third kappa shape index (κ3) is 2.28. The van der Waals surface area contributed by atoms with E-state index in [2.05, 4.69) is 0 Å². The molecule has 0 saturated carbocycles. The summed E-state index contributed by atoms with van der Waals surface area (Å²) in [5.74, 6) is -1.06. The molecule has 0 radical (unpaired) electrons. The second-order valence-corrected chi connectivity index (χ2v) is 4.08. The fourth-order valence-electron chi connectivity index (χ4n) is 1.91. The highest BCUT2D eigenvalue weighted by atomic mass is 35.5. The second-order valence-electron chi connectivity index (χ2n) is 3.67. The van der Waals surface area contributed by atoms with Crippen LogP contribution in [0.2, 0.25) is 5.02 Å².